The van der Waals surface area contributed by atoms with Crippen molar-refractivity contribution in [3.8, 4) is 16.9 Å². The van der Waals surface area contributed by atoms with E-state index >= 15 is 0 Å². The molecule has 3 aromatic rings. The first kappa shape index (κ1) is 16.0. The van der Waals surface area contributed by atoms with Gasteiger partial charge in [0.1, 0.15) is 5.75 Å². The second kappa shape index (κ2) is 8.11. The smallest absolute Gasteiger partial charge is 0.163 e. The molecule has 0 saturated heterocycles. The molecule has 0 saturated carbocycles. The zero-order valence-corrected chi connectivity index (χ0v) is 13.5. The van der Waals surface area contributed by atoms with Crippen molar-refractivity contribution in [2.24, 2.45) is 0 Å². The van der Waals surface area contributed by atoms with Gasteiger partial charge in [0.2, 0.25) is 0 Å². The maximum atomic E-state index is 12.0. The van der Waals surface area contributed by atoms with Crippen LogP contribution in [0.3, 0.4) is 0 Å². The number of rotatable bonds is 7. The van der Waals surface area contributed by atoms with Gasteiger partial charge in [-0.25, -0.2) is 0 Å². The van der Waals surface area contributed by atoms with Crippen molar-refractivity contribution in [3.63, 3.8) is 0 Å². The lowest BCUT2D eigenvalue weighted by Crippen LogP contribution is -2.03. The third-order valence-corrected chi connectivity index (χ3v) is 3.87. The third kappa shape index (κ3) is 4.32. The van der Waals surface area contributed by atoms with E-state index in [2.05, 4.69) is 24.3 Å². The zero-order chi connectivity index (χ0) is 16.6. The molecule has 0 fully saturated rings. The summed E-state index contributed by atoms with van der Waals surface area (Å²) in [6, 6.07) is 27.7. The van der Waals surface area contributed by atoms with Crippen LogP contribution >= 0.6 is 0 Å². The standard InChI is InChI=1S/C22H20O2/c23-22(20-10-5-2-6-11-20)12-7-17-24-21-15-13-19(14-16-21)18-8-3-1-4-9-18/h1-6,8-11,13-16H,7,12,17H2. The number of ether oxygens (including phenoxy) is 1. The highest BCUT2D eigenvalue weighted by atomic mass is 16.5. The van der Waals surface area contributed by atoms with Crippen LogP contribution in [0, 0.1) is 0 Å². The van der Waals surface area contributed by atoms with E-state index in [0.29, 0.717) is 19.4 Å². The summed E-state index contributed by atoms with van der Waals surface area (Å²) in [5, 5.41) is 0. The van der Waals surface area contributed by atoms with E-state index in [1.165, 1.54) is 11.1 Å². The summed E-state index contributed by atoms with van der Waals surface area (Å²) in [5.41, 5.74) is 3.13. The number of hydrogen-bond donors (Lipinski definition) is 0. The Morgan fingerprint density at radius 3 is 1.96 bits per heavy atom. The number of Topliss-reactive ketones (excluding diaryl/α,β-unsaturated/α-hetero) is 1. The topological polar surface area (TPSA) is 26.3 Å². The fourth-order valence-corrected chi connectivity index (χ4v) is 2.57. The van der Waals surface area contributed by atoms with Gasteiger partial charge in [-0.05, 0) is 29.7 Å². The van der Waals surface area contributed by atoms with Crippen LogP contribution in [0.5, 0.6) is 5.75 Å². The van der Waals surface area contributed by atoms with Crippen molar-refractivity contribution in [2.75, 3.05) is 6.61 Å². The van der Waals surface area contributed by atoms with E-state index in [1.807, 2.05) is 60.7 Å². The van der Waals surface area contributed by atoms with Gasteiger partial charge >= 0.3 is 0 Å². The van der Waals surface area contributed by atoms with E-state index in [0.717, 1.165) is 11.3 Å². The first-order valence-electron chi connectivity index (χ1n) is 8.19. The van der Waals surface area contributed by atoms with Gasteiger partial charge in [0, 0.05) is 12.0 Å². The first-order valence-corrected chi connectivity index (χ1v) is 8.19. The molecule has 0 heterocycles. The summed E-state index contributed by atoms with van der Waals surface area (Å²) in [7, 11) is 0. The molecule has 120 valence electrons. The van der Waals surface area contributed by atoms with Gasteiger partial charge in [-0.1, -0.05) is 72.8 Å². The molecule has 0 bridgehead atoms. The van der Waals surface area contributed by atoms with Gasteiger partial charge < -0.3 is 4.74 Å². The van der Waals surface area contributed by atoms with Gasteiger partial charge in [0.25, 0.3) is 0 Å². The normalized spacial score (nSPS) is 10.3. The van der Waals surface area contributed by atoms with Gasteiger partial charge in [0.05, 0.1) is 6.61 Å². The maximum Gasteiger partial charge on any atom is 0.163 e. The molecule has 0 amide bonds. The predicted molar refractivity (Wildman–Crippen MR) is 97.4 cm³/mol. The molecule has 0 spiro atoms. The SMILES string of the molecule is O=C(CCCOc1ccc(-c2ccccc2)cc1)c1ccccc1. The largest absolute Gasteiger partial charge is 0.494 e. The molecule has 2 heteroatoms. The molecule has 0 aromatic heterocycles. The van der Waals surface area contributed by atoms with E-state index in [4.69, 9.17) is 4.74 Å². The molecular weight excluding hydrogens is 296 g/mol. The highest BCUT2D eigenvalue weighted by Crippen LogP contribution is 2.22. The fourth-order valence-electron chi connectivity index (χ4n) is 2.57. The van der Waals surface area contributed by atoms with Crippen molar-refractivity contribution in [3.05, 3.63) is 90.5 Å². The molecule has 0 unspecified atom stereocenters. The summed E-state index contributed by atoms with van der Waals surface area (Å²) >= 11 is 0. The van der Waals surface area contributed by atoms with Crippen LogP contribution in [0.4, 0.5) is 0 Å². The van der Waals surface area contributed by atoms with Crippen molar-refractivity contribution >= 4 is 5.78 Å². The zero-order valence-electron chi connectivity index (χ0n) is 13.5. The Morgan fingerprint density at radius 2 is 1.29 bits per heavy atom. The summed E-state index contributed by atoms with van der Waals surface area (Å²) in [5.74, 6) is 1.00. The Morgan fingerprint density at radius 1 is 0.708 bits per heavy atom. The summed E-state index contributed by atoms with van der Waals surface area (Å²) < 4.78 is 5.73. The molecule has 0 N–H and O–H groups in total. The molecule has 0 aliphatic carbocycles. The minimum atomic E-state index is 0.165. The number of carbonyl (C=O) groups is 1. The van der Waals surface area contributed by atoms with Crippen molar-refractivity contribution < 1.29 is 9.53 Å². The number of carbonyl (C=O) groups excluding carboxylic acids is 1. The Balaban J connectivity index is 1.46. The van der Waals surface area contributed by atoms with E-state index in [1.54, 1.807) is 0 Å². The molecule has 0 atom stereocenters. The lowest BCUT2D eigenvalue weighted by molar-refractivity contribution is 0.0973. The average molecular weight is 316 g/mol. The lowest BCUT2D eigenvalue weighted by Gasteiger charge is -2.07. The third-order valence-electron chi connectivity index (χ3n) is 3.87. The van der Waals surface area contributed by atoms with E-state index < -0.39 is 0 Å². The first-order chi connectivity index (χ1) is 11.8. The molecule has 24 heavy (non-hydrogen) atoms. The quantitative estimate of drug-likeness (QED) is 0.431. The fraction of sp³-hybridized carbons (Fsp3) is 0.136. The molecule has 0 aliphatic heterocycles. The van der Waals surface area contributed by atoms with Crippen LogP contribution in [0.1, 0.15) is 23.2 Å². The van der Waals surface area contributed by atoms with Crippen molar-refractivity contribution in [1.29, 1.82) is 0 Å². The predicted octanol–water partition coefficient (Wildman–Crippen LogP) is 5.40. The van der Waals surface area contributed by atoms with Gasteiger partial charge in [-0.3, -0.25) is 4.79 Å². The van der Waals surface area contributed by atoms with Crippen LogP contribution < -0.4 is 4.74 Å². The lowest BCUT2D eigenvalue weighted by atomic mass is 10.1. The molecular formula is C22H20O2. The molecule has 3 aromatic carbocycles. The van der Waals surface area contributed by atoms with Crippen LogP contribution in [-0.2, 0) is 0 Å². The Hall–Kier alpha value is -2.87. The maximum absolute atomic E-state index is 12.0. The highest BCUT2D eigenvalue weighted by Gasteiger charge is 2.04. The van der Waals surface area contributed by atoms with E-state index in [9.17, 15) is 4.79 Å². The summed E-state index contributed by atoms with van der Waals surface area (Å²) in [6.45, 7) is 0.545. The van der Waals surface area contributed by atoms with Crippen LogP contribution in [0.25, 0.3) is 11.1 Å². The Kier molecular flexibility index (Phi) is 5.41. The van der Waals surface area contributed by atoms with Crippen LogP contribution in [0.15, 0.2) is 84.9 Å². The van der Waals surface area contributed by atoms with E-state index in [-0.39, 0.29) is 5.78 Å². The van der Waals surface area contributed by atoms with Gasteiger partial charge in [-0.2, -0.15) is 0 Å². The Labute approximate surface area is 142 Å². The second-order valence-electron chi connectivity index (χ2n) is 5.63. The highest BCUT2D eigenvalue weighted by molar-refractivity contribution is 5.95. The van der Waals surface area contributed by atoms with Crippen molar-refractivity contribution in [2.45, 2.75) is 12.8 Å². The monoisotopic (exact) mass is 316 g/mol. The number of hydrogen-bond acceptors (Lipinski definition) is 2. The van der Waals surface area contributed by atoms with Crippen LogP contribution in [0.2, 0.25) is 0 Å². The molecule has 3 rings (SSSR count). The van der Waals surface area contributed by atoms with Gasteiger partial charge in [0.15, 0.2) is 5.78 Å². The molecule has 0 radical (unpaired) electrons. The Bertz CT molecular complexity index is 762. The summed E-state index contributed by atoms with van der Waals surface area (Å²) in [6.07, 6.45) is 1.22. The minimum Gasteiger partial charge on any atom is -0.494 e. The van der Waals surface area contributed by atoms with Gasteiger partial charge in [-0.15, -0.1) is 0 Å². The second-order valence-corrected chi connectivity index (χ2v) is 5.63. The molecule has 2 nitrogen and oxygen atoms in total. The summed E-state index contributed by atoms with van der Waals surface area (Å²) in [4.78, 5) is 12.0. The number of ketones is 1. The average Bonchev–Trinajstić information content (AvgIpc) is 2.67. The molecule has 0 aliphatic rings. The van der Waals surface area contributed by atoms with Crippen molar-refractivity contribution in [1.82, 2.24) is 0 Å². The number of benzene rings is 3. The minimum absolute atomic E-state index is 0.165. The van der Waals surface area contributed by atoms with Crippen LogP contribution in [-0.4, -0.2) is 12.4 Å².